The molecule has 0 aliphatic carbocycles. The van der Waals surface area contributed by atoms with Crippen molar-refractivity contribution in [2.45, 2.75) is 24.8 Å². The third-order valence-electron chi connectivity index (χ3n) is 8.13. The van der Waals surface area contributed by atoms with Crippen LogP contribution in [0.2, 0.25) is 0 Å². The van der Waals surface area contributed by atoms with Crippen molar-refractivity contribution < 1.29 is 19.1 Å². The number of benzene rings is 4. The molecule has 0 aromatic heterocycles. The van der Waals surface area contributed by atoms with Crippen LogP contribution >= 0.6 is 35.7 Å². The molecule has 4 aromatic carbocycles. The minimum atomic E-state index is -0.661. The second kappa shape index (κ2) is 12.4. The van der Waals surface area contributed by atoms with Gasteiger partial charge in [-0.2, -0.15) is 0 Å². The maximum atomic E-state index is 12.8. The van der Waals surface area contributed by atoms with Gasteiger partial charge in [0, 0.05) is 21.7 Å². The van der Waals surface area contributed by atoms with Crippen LogP contribution < -0.4 is 5.32 Å². The van der Waals surface area contributed by atoms with Crippen molar-refractivity contribution in [3.8, 4) is 0 Å². The number of esters is 2. The van der Waals surface area contributed by atoms with Gasteiger partial charge in [-0.1, -0.05) is 133 Å². The third-order valence-corrected chi connectivity index (χ3v) is 11.4. The van der Waals surface area contributed by atoms with Gasteiger partial charge >= 0.3 is 11.9 Å². The molecule has 0 saturated carbocycles. The zero-order valence-corrected chi connectivity index (χ0v) is 27.7. The molecule has 2 heterocycles. The van der Waals surface area contributed by atoms with Crippen LogP contribution in [-0.2, 0) is 24.5 Å². The Morgan fingerprint density at radius 3 is 1.56 bits per heavy atom. The van der Waals surface area contributed by atoms with Crippen LogP contribution in [0.1, 0.15) is 41.7 Å². The fraction of sp³-hybridized carbons (Fsp3) is 0.162. The highest BCUT2D eigenvalue weighted by molar-refractivity contribution is 8.29. The van der Waals surface area contributed by atoms with E-state index in [-0.39, 0.29) is 9.81 Å². The zero-order valence-electron chi connectivity index (χ0n) is 25.3. The van der Waals surface area contributed by atoms with Gasteiger partial charge in [0.25, 0.3) is 0 Å². The van der Waals surface area contributed by atoms with E-state index >= 15 is 0 Å². The number of rotatable bonds is 6. The van der Waals surface area contributed by atoms with E-state index in [0.29, 0.717) is 4.86 Å². The molecule has 0 atom stereocenters. The first-order chi connectivity index (χ1) is 21.7. The average molecular weight is 650 g/mol. The summed E-state index contributed by atoms with van der Waals surface area (Å²) in [7, 11) is 2.60. The molecule has 0 bridgehead atoms. The van der Waals surface area contributed by atoms with Gasteiger partial charge in [-0.05, 0) is 48.2 Å². The van der Waals surface area contributed by atoms with E-state index in [0.717, 1.165) is 43.3 Å². The normalized spacial score (nSPS) is 15.8. The number of nitrogens with one attached hydrogen (secondary N) is 1. The lowest BCUT2D eigenvalue weighted by Crippen LogP contribution is -2.43. The van der Waals surface area contributed by atoms with Crippen LogP contribution in [0.15, 0.2) is 123 Å². The Labute approximate surface area is 277 Å². The minimum Gasteiger partial charge on any atom is -0.465 e. The number of hydrogen-bond acceptors (Lipinski definition) is 8. The van der Waals surface area contributed by atoms with Gasteiger partial charge in [0.15, 0.2) is 0 Å². The van der Waals surface area contributed by atoms with E-state index < -0.39 is 22.9 Å². The maximum Gasteiger partial charge on any atom is 0.346 e. The Bertz CT molecular complexity index is 1740. The second-order valence-electron chi connectivity index (χ2n) is 11.2. The number of anilines is 1. The molecule has 0 spiro atoms. The number of ether oxygens (including phenoxy) is 2. The van der Waals surface area contributed by atoms with Gasteiger partial charge in [0.1, 0.15) is 9.81 Å². The number of carbonyl (C=O) groups excluding carboxylic acids is 2. The van der Waals surface area contributed by atoms with Gasteiger partial charge in [-0.3, -0.25) is 0 Å². The topological polar surface area (TPSA) is 64.6 Å². The van der Waals surface area contributed by atoms with Crippen LogP contribution in [0.5, 0.6) is 0 Å². The molecule has 5 nitrogen and oxygen atoms in total. The Balaban J connectivity index is 1.65. The number of fused-ring (bicyclic) bond motifs is 1. The Morgan fingerprint density at radius 2 is 1.13 bits per heavy atom. The Hall–Kier alpha value is -4.11. The Kier molecular flexibility index (Phi) is 8.48. The lowest BCUT2D eigenvalue weighted by atomic mass is 9.64. The first-order valence-corrected chi connectivity index (χ1v) is 16.4. The van der Waals surface area contributed by atoms with Crippen molar-refractivity contribution in [2.24, 2.45) is 0 Å². The molecule has 0 unspecified atom stereocenters. The predicted molar refractivity (Wildman–Crippen MR) is 188 cm³/mol. The summed E-state index contributed by atoms with van der Waals surface area (Å²) in [6.07, 6.45) is 0. The largest absolute Gasteiger partial charge is 0.465 e. The van der Waals surface area contributed by atoms with Crippen LogP contribution in [0, 0.1) is 0 Å². The second-order valence-corrected chi connectivity index (χ2v) is 13.9. The van der Waals surface area contributed by atoms with Crippen molar-refractivity contribution >= 4 is 63.8 Å². The number of thioether (sulfide) groups is 2. The molecule has 45 heavy (non-hydrogen) atoms. The van der Waals surface area contributed by atoms with Crippen molar-refractivity contribution in [1.82, 2.24) is 0 Å². The van der Waals surface area contributed by atoms with Crippen molar-refractivity contribution in [3.05, 3.63) is 151 Å². The standard InChI is InChI=1S/C37H31NO4S3/c1-36(2)32(43)29(35-44-30(33(39)41-3)31(45-35)34(40)42-4)27-22-26(20-21-28(27)38-36)37(23-14-8-5-9-15-23,24-16-10-6-11-17-24)25-18-12-7-13-19-25/h5-22,38H,1-4H3. The van der Waals surface area contributed by atoms with Gasteiger partial charge in [0.05, 0.1) is 29.4 Å². The van der Waals surface area contributed by atoms with E-state index in [1.165, 1.54) is 37.7 Å². The summed E-state index contributed by atoms with van der Waals surface area (Å²) in [5, 5.41) is 3.64. The van der Waals surface area contributed by atoms with Gasteiger partial charge in [-0.15, -0.1) is 0 Å². The van der Waals surface area contributed by atoms with Gasteiger partial charge in [0.2, 0.25) is 0 Å². The molecule has 0 saturated heterocycles. The van der Waals surface area contributed by atoms with Crippen LogP contribution in [0.25, 0.3) is 5.57 Å². The minimum absolute atomic E-state index is 0.195. The van der Waals surface area contributed by atoms with Crippen molar-refractivity contribution in [3.63, 3.8) is 0 Å². The summed E-state index contributed by atoms with van der Waals surface area (Å²) < 4.78 is 10.8. The fourth-order valence-electron chi connectivity index (χ4n) is 6.04. The average Bonchev–Trinajstić information content (AvgIpc) is 3.51. The predicted octanol–water partition coefficient (Wildman–Crippen LogP) is 8.35. The van der Waals surface area contributed by atoms with E-state index in [1.54, 1.807) is 0 Å². The monoisotopic (exact) mass is 649 g/mol. The highest BCUT2D eigenvalue weighted by atomic mass is 32.2. The smallest absolute Gasteiger partial charge is 0.346 e. The molecular weight excluding hydrogens is 619 g/mol. The SMILES string of the molecule is COC(=O)C1=C(C(=O)OC)SC(=C2C(=S)C(C)(C)Nc3ccc(C(c4ccccc4)(c4ccccc4)c4ccccc4)cc32)S1. The van der Waals surface area contributed by atoms with Gasteiger partial charge < -0.3 is 14.8 Å². The third kappa shape index (κ3) is 5.31. The van der Waals surface area contributed by atoms with Crippen LogP contribution in [-0.4, -0.2) is 36.6 Å². The molecule has 6 rings (SSSR count). The van der Waals surface area contributed by atoms with Crippen LogP contribution in [0.4, 0.5) is 5.69 Å². The van der Waals surface area contributed by atoms with Crippen molar-refractivity contribution in [1.29, 1.82) is 0 Å². The zero-order chi connectivity index (χ0) is 31.8. The summed E-state index contributed by atoms with van der Waals surface area (Å²) in [5.74, 6) is -1.18. The van der Waals surface area contributed by atoms with Crippen LogP contribution in [0.3, 0.4) is 0 Å². The first-order valence-electron chi connectivity index (χ1n) is 14.4. The molecule has 4 aromatic rings. The quantitative estimate of drug-likeness (QED) is 0.0968. The number of methoxy groups -OCH3 is 2. The fourth-order valence-corrected chi connectivity index (χ4v) is 9.04. The van der Waals surface area contributed by atoms with E-state index in [2.05, 4.69) is 96.3 Å². The summed E-state index contributed by atoms with van der Waals surface area (Å²) in [6.45, 7) is 4.07. The Morgan fingerprint density at radius 1 is 0.689 bits per heavy atom. The number of hydrogen-bond donors (Lipinski definition) is 1. The molecule has 0 radical (unpaired) electrons. The summed E-state index contributed by atoms with van der Waals surface area (Å²) in [4.78, 5) is 26.7. The highest BCUT2D eigenvalue weighted by Gasteiger charge is 2.43. The maximum absolute atomic E-state index is 12.8. The number of thiocarbonyl (C=S) groups is 1. The van der Waals surface area contributed by atoms with E-state index in [1.807, 2.05) is 32.0 Å². The molecule has 226 valence electrons. The molecular formula is C37H31NO4S3. The highest BCUT2D eigenvalue weighted by Crippen LogP contribution is 2.56. The molecule has 8 heteroatoms. The summed E-state index contributed by atoms with van der Waals surface area (Å²) in [6, 6.07) is 38.0. The summed E-state index contributed by atoms with van der Waals surface area (Å²) >= 11 is 8.57. The lowest BCUT2D eigenvalue weighted by molar-refractivity contribution is -0.138. The molecule has 0 fully saturated rings. The molecule has 0 amide bonds. The van der Waals surface area contributed by atoms with Crippen molar-refractivity contribution in [2.75, 3.05) is 19.5 Å². The van der Waals surface area contributed by atoms with E-state index in [9.17, 15) is 9.59 Å². The van der Waals surface area contributed by atoms with E-state index in [4.69, 9.17) is 21.7 Å². The molecule has 2 aliphatic heterocycles. The number of carbonyl (C=O) groups is 2. The molecule has 1 N–H and O–H groups in total. The lowest BCUT2D eigenvalue weighted by Gasteiger charge is -2.40. The molecule has 2 aliphatic rings. The summed E-state index contributed by atoms with van der Waals surface area (Å²) in [5.41, 5.74) is 5.80. The van der Waals surface area contributed by atoms with Gasteiger partial charge in [-0.25, -0.2) is 9.59 Å². The first kappa shape index (κ1) is 30.9.